The molecular weight excluding hydrogens is 165 g/mol. The van der Waals surface area contributed by atoms with Crippen molar-refractivity contribution in [2.75, 3.05) is 0 Å². The molecule has 0 atom stereocenters. The van der Waals surface area contributed by atoms with E-state index in [4.69, 9.17) is 5.11 Å². The summed E-state index contributed by atoms with van der Waals surface area (Å²) in [7, 11) is 0. The lowest BCUT2D eigenvalue weighted by Gasteiger charge is -1.94. The Morgan fingerprint density at radius 2 is 2.27 bits per heavy atom. The van der Waals surface area contributed by atoms with Crippen LogP contribution in [0.4, 0.5) is 10.1 Å². The fraction of sp³-hybridized carbons (Fsp3) is 0. The molecule has 0 saturated heterocycles. The maximum absolute atomic E-state index is 12.4. The summed E-state index contributed by atoms with van der Waals surface area (Å²) in [6.45, 7) is 0. The van der Waals surface area contributed by atoms with Gasteiger partial charge in [0.2, 0.25) is 0 Å². The third-order valence-corrected chi connectivity index (χ3v) is 1.19. The molecule has 1 aromatic carbocycles. The van der Waals surface area contributed by atoms with Crippen molar-refractivity contribution in [3.8, 4) is 5.75 Å². The third-order valence-electron chi connectivity index (χ3n) is 1.10. The van der Waals surface area contributed by atoms with Crippen molar-refractivity contribution in [3.05, 3.63) is 24.0 Å². The fourth-order valence-electron chi connectivity index (χ4n) is 0.635. The van der Waals surface area contributed by atoms with Crippen molar-refractivity contribution in [1.82, 2.24) is 0 Å². The standard InChI is InChI=1S/C7H4FNOS/c8-5-1-2-7(10)6(3-5)9-4-11/h1-3,10H. The fourth-order valence-corrected chi connectivity index (χ4v) is 0.734. The zero-order valence-electron chi connectivity index (χ0n) is 5.41. The van der Waals surface area contributed by atoms with Crippen LogP contribution in [-0.2, 0) is 0 Å². The van der Waals surface area contributed by atoms with E-state index in [2.05, 4.69) is 17.2 Å². The van der Waals surface area contributed by atoms with Gasteiger partial charge in [-0.2, -0.15) is 4.99 Å². The Labute approximate surface area is 68.0 Å². The molecule has 1 rings (SSSR count). The van der Waals surface area contributed by atoms with E-state index in [1.54, 1.807) is 0 Å². The Hall–Kier alpha value is -1.25. The second kappa shape index (κ2) is 3.23. The molecule has 2 nitrogen and oxygen atoms in total. The molecule has 0 aromatic heterocycles. The van der Waals surface area contributed by atoms with E-state index < -0.39 is 5.82 Å². The van der Waals surface area contributed by atoms with Gasteiger partial charge in [0, 0.05) is 6.07 Å². The van der Waals surface area contributed by atoms with Gasteiger partial charge in [-0.25, -0.2) is 4.39 Å². The maximum Gasteiger partial charge on any atom is 0.142 e. The molecule has 11 heavy (non-hydrogen) atoms. The molecule has 56 valence electrons. The van der Waals surface area contributed by atoms with Crippen LogP contribution in [-0.4, -0.2) is 10.3 Å². The number of hydrogen-bond acceptors (Lipinski definition) is 3. The Kier molecular flexibility index (Phi) is 2.31. The smallest absolute Gasteiger partial charge is 0.142 e. The Morgan fingerprint density at radius 3 is 2.91 bits per heavy atom. The molecule has 0 aliphatic carbocycles. The Morgan fingerprint density at radius 1 is 1.55 bits per heavy atom. The summed E-state index contributed by atoms with van der Waals surface area (Å²) in [5.41, 5.74) is 0.0972. The van der Waals surface area contributed by atoms with Crippen LogP contribution in [0.25, 0.3) is 0 Å². The second-order valence-corrected chi connectivity index (χ2v) is 2.02. The Bertz CT molecular complexity index is 320. The van der Waals surface area contributed by atoms with Gasteiger partial charge in [0.15, 0.2) is 0 Å². The summed E-state index contributed by atoms with van der Waals surface area (Å²) in [5, 5.41) is 11.1. The number of aliphatic imine (C=N–C) groups is 1. The lowest BCUT2D eigenvalue weighted by atomic mass is 10.3. The van der Waals surface area contributed by atoms with E-state index in [1.165, 1.54) is 6.07 Å². The molecule has 0 aliphatic heterocycles. The SMILES string of the molecule is Oc1ccc(F)cc1N=C=S. The van der Waals surface area contributed by atoms with Gasteiger partial charge in [-0.05, 0) is 24.4 Å². The van der Waals surface area contributed by atoms with Gasteiger partial charge in [-0.1, -0.05) is 0 Å². The molecule has 0 bridgehead atoms. The second-order valence-electron chi connectivity index (χ2n) is 1.84. The zero-order valence-corrected chi connectivity index (χ0v) is 6.23. The molecule has 1 N–H and O–H groups in total. The topological polar surface area (TPSA) is 32.6 Å². The maximum atomic E-state index is 12.4. The minimum absolute atomic E-state index is 0.0972. The number of benzene rings is 1. The summed E-state index contributed by atoms with van der Waals surface area (Å²) in [6, 6.07) is 3.42. The predicted octanol–water partition coefficient (Wildman–Crippen LogP) is 2.27. The molecule has 0 spiro atoms. The van der Waals surface area contributed by atoms with Gasteiger partial charge in [0.1, 0.15) is 17.3 Å². The van der Waals surface area contributed by atoms with E-state index in [1.807, 2.05) is 5.16 Å². The minimum Gasteiger partial charge on any atom is -0.506 e. The molecule has 0 aliphatic rings. The van der Waals surface area contributed by atoms with Crippen LogP contribution in [0.3, 0.4) is 0 Å². The number of aromatic hydroxyl groups is 1. The first kappa shape index (κ1) is 7.85. The monoisotopic (exact) mass is 169 g/mol. The number of halogens is 1. The number of phenolic OH excluding ortho intramolecular Hbond substituents is 1. The number of hydrogen-bond donors (Lipinski definition) is 1. The van der Waals surface area contributed by atoms with Crippen molar-refractivity contribution >= 4 is 23.1 Å². The van der Waals surface area contributed by atoms with E-state index in [0.717, 1.165) is 12.1 Å². The normalized spacial score (nSPS) is 8.82. The molecule has 1 aromatic rings. The highest BCUT2D eigenvalue weighted by Crippen LogP contribution is 2.25. The van der Waals surface area contributed by atoms with Crippen molar-refractivity contribution in [3.63, 3.8) is 0 Å². The molecule has 0 radical (unpaired) electrons. The number of rotatable bonds is 1. The Balaban J connectivity index is 3.22. The van der Waals surface area contributed by atoms with Crippen LogP contribution < -0.4 is 0 Å². The summed E-state index contributed by atoms with van der Waals surface area (Å²) in [4.78, 5) is 3.44. The van der Waals surface area contributed by atoms with Crippen LogP contribution in [0, 0.1) is 5.82 Å². The predicted molar refractivity (Wildman–Crippen MR) is 42.8 cm³/mol. The highest BCUT2D eigenvalue weighted by molar-refractivity contribution is 7.78. The van der Waals surface area contributed by atoms with Crippen LogP contribution in [0.1, 0.15) is 0 Å². The summed E-state index contributed by atoms with van der Waals surface area (Å²) in [5.74, 6) is -0.574. The molecule has 0 amide bonds. The molecule has 0 unspecified atom stereocenters. The van der Waals surface area contributed by atoms with Gasteiger partial charge >= 0.3 is 0 Å². The van der Waals surface area contributed by atoms with Crippen LogP contribution >= 0.6 is 12.2 Å². The van der Waals surface area contributed by atoms with Crippen LogP contribution in [0.15, 0.2) is 23.2 Å². The lowest BCUT2D eigenvalue weighted by Crippen LogP contribution is -1.72. The minimum atomic E-state index is -0.466. The van der Waals surface area contributed by atoms with E-state index in [9.17, 15) is 4.39 Å². The molecule has 0 heterocycles. The molecule has 4 heteroatoms. The van der Waals surface area contributed by atoms with Gasteiger partial charge in [-0.15, -0.1) is 0 Å². The van der Waals surface area contributed by atoms with Crippen molar-refractivity contribution in [2.24, 2.45) is 4.99 Å². The highest BCUT2D eigenvalue weighted by Gasteiger charge is 1.99. The average Bonchev–Trinajstić information content (AvgIpc) is 1.98. The number of thiocarbonyl (C=S) groups is 1. The lowest BCUT2D eigenvalue weighted by molar-refractivity contribution is 0.475. The summed E-state index contributed by atoms with van der Waals surface area (Å²) >= 11 is 4.29. The van der Waals surface area contributed by atoms with Gasteiger partial charge in [0.05, 0.1) is 5.16 Å². The number of nitrogens with zero attached hydrogens (tertiary/aromatic N) is 1. The highest BCUT2D eigenvalue weighted by atomic mass is 32.1. The number of isothiocyanates is 1. The van der Waals surface area contributed by atoms with Gasteiger partial charge in [0.25, 0.3) is 0 Å². The van der Waals surface area contributed by atoms with E-state index >= 15 is 0 Å². The molecule has 0 fully saturated rings. The molecule has 0 saturated carbocycles. The largest absolute Gasteiger partial charge is 0.506 e. The van der Waals surface area contributed by atoms with E-state index in [0.29, 0.717) is 0 Å². The summed E-state index contributed by atoms with van der Waals surface area (Å²) < 4.78 is 12.4. The van der Waals surface area contributed by atoms with E-state index in [-0.39, 0.29) is 11.4 Å². The van der Waals surface area contributed by atoms with Crippen molar-refractivity contribution < 1.29 is 9.50 Å². The van der Waals surface area contributed by atoms with Gasteiger partial charge in [-0.3, -0.25) is 0 Å². The number of phenols is 1. The summed E-state index contributed by atoms with van der Waals surface area (Å²) in [6.07, 6.45) is 0. The average molecular weight is 169 g/mol. The van der Waals surface area contributed by atoms with Crippen molar-refractivity contribution in [1.29, 1.82) is 0 Å². The first-order chi connectivity index (χ1) is 5.24. The molecular formula is C7H4FNOS. The third kappa shape index (κ3) is 1.83. The van der Waals surface area contributed by atoms with Crippen LogP contribution in [0.5, 0.6) is 5.75 Å². The van der Waals surface area contributed by atoms with Crippen molar-refractivity contribution in [2.45, 2.75) is 0 Å². The first-order valence-corrected chi connectivity index (χ1v) is 3.21. The van der Waals surface area contributed by atoms with Crippen LogP contribution in [0.2, 0.25) is 0 Å². The quantitative estimate of drug-likeness (QED) is 0.516. The zero-order chi connectivity index (χ0) is 8.27. The van der Waals surface area contributed by atoms with Gasteiger partial charge < -0.3 is 5.11 Å². The first-order valence-electron chi connectivity index (χ1n) is 2.80.